The van der Waals surface area contributed by atoms with Crippen molar-refractivity contribution in [2.75, 3.05) is 26.2 Å². The molecule has 1 unspecified atom stereocenters. The van der Waals surface area contributed by atoms with Crippen LogP contribution in [0.3, 0.4) is 0 Å². The maximum absolute atomic E-state index is 12.9. The molecule has 0 aromatic heterocycles. The zero-order valence-corrected chi connectivity index (χ0v) is 22.1. The SMILES string of the molecule is CCN(CC(=O)N[C@@H](CC(=O)O)C(=O)NC(CC1CCCCC1)C(N)=O)C(=O)CCCC1CCNCC1. The second-order valence-electron chi connectivity index (χ2n) is 10.4. The van der Waals surface area contributed by atoms with E-state index in [1.165, 1.54) is 4.90 Å². The maximum atomic E-state index is 12.9. The van der Waals surface area contributed by atoms with Gasteiger partial charge in [-0.1, -0.05) is 32.1 Å². The van der Waals surface area contributed by atoms with E-state index in [4.69, 9.17) is 5.73 Å². The number of piperidine rings is 1. The molecule has 2 atom stereocenters. The number of carboxylic acid groups (broad SMARTS) is 1. The summed E-state index contributed by atoms with van der Waals surface area (Å²) in [6.45, 7) is 3.83. The fourth-order valence-electron chi connectivity index (χ4n) is 5.32. The highest BCUT2D eigenvalue weighted by molar-refractivity contribution is 5.94. The summed E-state index contributed by atoms with van der Waals surface area (Å²) in [6.07, 6.45) is 9.20. The third kappa shape index (κ3) is 11.5. The summed E-state index contributed by atoms with van der Waals surface area (Å²) in [5, 5.41) is 17.6. The molecule has 0 spiro atoms. The number of carbonyl (C=O) groups excluding carboxylic acids is 4. The van der Waals surface area contributed by atoms with E-state index in [0.29, 0.717) is 25.3 Å². The predicted octanol–water partition coefficient (Wildman–Crippen LogP) is 0.905. The van der Waals surface area contributed by atoms with E-state index >= 15 is 0 Å². The summed E-state index contributed by atoms with van der Waals surface area (Å²) in [7, 11) is 0. The topological polar surface area (TPSA) is 171 Å². The Labute approximate surface area is 219 Å². The molecular formula is C26H45N5O6. The van der Waals surface area contributed by atoms with Crippen LogP contribution in [0, 0.1) is 11.8 Å². The number of likely N-dealkylation sites (N-methyl/N-ethyl adjacent to an activating group) is 1. The lowest BCUT2D eigenvalue weighted by Crippen LogP contribution is -2.55. The first-order valence-electron chi connectivity index (χ1n) is 13.8. The molecule has 1 saturated heterocycles. The van der Waals surface area contributed by atoms with Crippen molar-refractivity contribution in [1.82, 2.24) is 20.9 Å². The highest BCUT2D eigenvalue weighted by Gasteiger charge is 2.30. The van der Waals surface area contributed by atoms with Gasteiger partial charge in [0.05, 0.1) is 13.0 Å². The fourth-order valence-corrected chi connectivity index (χ4v) is 5.32. The van der Waals surface area contributed by atoms with Crippen LogP contribution in [-0.4, -0.2) is 77.9 Å². The summed E-state index contributed by atoms with van der Waals surface area (Å²) in [4.78, 5) is 63.0. The molecule has 0 bridgehead atoms. The third-order valence-corrected chi connectivity index (χ3v) is 7.51. The van der Waals surface area contributed by atoms with E-state index in [2.05, 4.69) is 16.0 Å². The van der Waals surface area contributed by atoms with Gasteiger partial charge in [-0.25, -0.2) is 0 Å². The van der Waals surface area contributed by atoms with Crippen molar-refractivity contribution < 1.29 is 29.1 Å². The lowest BCUT2D eigenvalue weighted by Gasteiger charge is -2.27. The summed E-state index contributed by atoms with van der Waals surface area (Å²) >= 11 is 0. The molecule has 2 aliphatic rings. The number of nitrogens with two attached hydrogens (primary N) is 1. The Morgan fingerprint density at radius 2 is 1.65 bits per heavy atom. The lowest BCUT2D eigenvalue weighted by atomic mass is 9.84. The number of aliphatic carboxylic acids is 1. The summed E-state index contributed by atoms with van der Waals surface area (Å²) in [5.41, 5.74) is 5.50. The largest absolute Gasteiger partial charge is 0.481 e. The van der Waals surface area contributed by atoms with Crippen LogP contribution >= 0.6 is 0 Å². The van der Waals surface area contributed by atoms with Gasteiger partial charge in [0.2, 0.25) is 23.6 Å². The molecule has 2 fully saturated rings. The molecule has 2 rings (SSSR count). The van der Waals surface area contributed by atoms with Crippen LogP contribution in [-0.2, 0) is 24.0 Å². The molecule has 0 aromatic carbocycles. The molecule has 1 heterocycles. The van der Waals surface area contributed by atoms with Crippen molar-refractivity contribution in [2.45, 2.75) is 96.1 Å². The van der Waals surface area contributed by atoms with Crippen molar-refractivity contribution >= 4 is 29.6 Å². The van der Waals surface area contributed by atoms with Crippen LogP contribution in [0.25, 0.3) is 0 Å². The number of carbonyl (C=O) groups is 5. The Morgan fingerprint density at radius 3 is 2.24 bits per heavy atom. The van der Waals surface area contributed by atoms with Gasteiger partial charge in [0.15, 0.2) is 0 Å². The number of amides is 4. The molecule has 1 aliphatic heterocycles. The van der Waals surface area contributed by atoms with E-state index in [1.54, 1.807) is 6.92 Å². The normalized spacial score (nSPS) is 18.4. The first kappa shape index (κ1) is 30.5. The smallest absolute Gasteiger partial charge is 0.305 e. The van der Waals surface area contributed by atoms with Gasteiger partial charge >= 0.3 is 5.97 Å². The van der Waals surface area contributed by atoms with E-state index < -0.39 is 42.2 Å². The number of hydrogen-bond donors (Lipinski definition) is 5. The van der Waals surface area contributed by atoms with E-state index in [1.807, 2.05) is 0 Å². The van der Waals surface area contributed by atoms with E-state index in [0.717, 1.165) is 70.9 Å². The van der Waals surface area contributed by atoms with Gasteiger partial charge in [-0.3, -0.25) is 24.0 Å². The van der Waals surface area contributed by atoms with Crippen LogP contribution < -0.4 is 21.7 Å². The van der Waals surface area contributed by atoms with Crippen LogP contribution in [0.1, 0.15) is 84.0 Å². The zero-order chi connectivity index (χ0) is 27.2. The molecule has 4 amide bonds. The minimum Gasteiger partial charge on any atom is -0.481 e. The van der Waals surface area contributed by atoms with Crippen molar-refractivity contribution in [2.24, 2.45) is 17.6 Å². The second kappa shape index (κ2) is 16.2. The lowest BCUT2D eigenvalue weighted by molar-refractivity contribution is -0.142. The molecule has 11 heteroatoms. The minimum absolute atomic E-state index is 0.146. The number of primary amides is 1. The molecule has 6 N–H and O–H groups in total. The van der Waals surface area contributed by atoms with E-state index in [-0.39, 0.29) is 18.4 Å². The van der Waals surface area contributed by atoms with Crippen molar-refractivity contribution in [1.29, 1.82) is 0 Å². The van der Waals surface area contributed by atoms with Crippen molar-refractivity contribution in [3.63, 3.8) is 0 Å². The van der Waals surface area contributed by atoms with Gasteiger partial charge in [-0.2, -0.15) is 0 Å². The molecule has 0 aromatic rings. The third-order valence-electron chi connectivity index (χ3n) is 7.51. The van der Waals surface area contributed by atoms with Gasteiger partial charge in [-0.05, 0) is 64.0 Å². The predicted molar refractivity (Wildman–Crippen MR) is 138 cm³/mol. The molecular weight excluding hydrogens is 478 g/mol. The Morgan fingerprint density at radius 1 is 0.973 bits per heavy atom. The molecule has 37 heavy (non-hydrogen) atoms. The maximum Gasteiger partial charge on any atom is 0.305 e. The molecule has 210 valence electrons. The monoisotopic (exact) mass is 523 g/mol. The van der Waals surface area contributed by atoms with Gasteiger partial charge in [-0.15, -0.1) is 0 Å². The summed E-state index contributed by atoms with van der Waals surface area (Å²) in [6, 6.07) is -2.32. The Kier molecular flexibility index (Phi) is 13.4. The average molecular weight is 524 g/mol. The standard InChI is InChI=1S/C26H45N5O6/c1-2-31(23(33)10-6-9-18-11-13-28-14-12-18)17-22(32)29-21(16-24(34)35)26(37)30-20(25(27)36)15-19-7-4-3-5-8-19/h18-21,28H,2-17H2,1H3,(H2,27,36)(H,29,32)(H,30,37)(H,34,35)/t20?,21-/m0/s1. The van der Waals surface area contributed by atoms with Crippen LogP contribution in [0.4, 0.5) is 0 Å². The number of carboxylic acids is 1. The number of nitrogens with one attached hydrogen (secondary N) is 3. The number of rotatable bonds is 15. The van der Waals surface area contributed by atoms with Crippen LogP contribution in [0.5, 0.6) is 0 Å². The summed E-state index contributed by atoms with van der Waals surface area (Å²) < 4.78 is 0. The van der Waals surface area contributed by atoms with Gasteiger partial charge < -0.3 is 31.7 Å². The Bertz CT molecular complexity index is 779. The van der Waals surface area contributed by atoms with Gasteiger partial charge in [0, 0.05) is 13.0 Å². The average Bonchev–Trinajstić information content (AvgIpc) is 2.87. The molecule has 1 saturated carbocycles. The second-order valence-corrected chi connectivity index (χ2v) is 10.4. The molecule has 1 aliphatic carbocycles. The highest BCUT2D eigenvalue weighted by Crippen LogP contribution is 2.27. The summed E-state index contributed by atoms with van der Waals surface area (Å²) in [5.74, 6) is -2.63. The van der Waals surface area contributed by atoms with Crippen molar-refractivity contribution in [3.8, 4) is 0 Å². The first-order valence-corrected chi connectivity index (χ1v) is 13.8. The van der Waals surface area contributed by atoms with Crippen LogP contribution in [0.2, 0.25) is 0 Å². The number of nitrogens with zero attached hydrogens (tertiary/aromatic N) is 1. The van der Waals surface area contributed by atoms with Crippen molar-refractivity contribution in [3.05, 3.63) is 0 Å². The minimum atomic E-state index is -1.38. The van der Waals surface area contributed by atoms with E-state index in [9.17, 15) is 29.1 Å². The fraction of sp³-hybridized carbons (Fsp3) is 0.808. The Hall–Kier alpha value is -2.69. The first-order chi connectivity index (χ1) is 17.7. The highest BCUT2D eigenvalue weighted by atomic mass is 16.4. The van der Waals surface area contributed by atoms with Crippen LogP contribution in [0.15, 0.2) is 0 Å². The zero-order valence-electron chi connectivity index (χ0n) is 22.1. The molecule has 0 radical (unpaired) electrons. The number of hydrogen-bond acceptors (Lipinski definition) is 6. The molecule has 11 nitrogen and oxygen atoms in total. The van der Waals surface area contributed by atoms with Gasteiger partial charge in [0.1, 0.15) is 12.1 Å². The Balaban J connectivity index is 1.88. The quantitative estimate of drug-likeness (QED) is 0.212. The van der Waals surface area contributed by atoms with Gasteiger partial charge in [0.25, 0.3) is 0 Å².